The predicted octanol–water partition coefficient (Wildman–Crippen LogP) is 1.72. The van der Waals surface area contributed by atoms with Gasteiger partial charge in [0.15, 0.2) is 0 Å². The number of carbonyl (C=O) groups is 1. The molecule has 2 N–H and O–H groups in total. The van der Waals surface area contributed by atoms with Crippen molar-refractivity contribution in [2.24, 2.45) is 0 Å². The summed E-state index contributed by atoms with van der Waals surface area (Å²) >= 11 is 1.59. The third-order valence-corrected chi connectivity index (χ3v) is 5.44. The maximum atomic E-state index is 12.1. The van der Waals surface area contributed by atoms with Gasteiger partial charge in [-0.15, -0.1) is 11.3 Å². The minimum Gasteiger partial charge on any atom is -0.386 e. The number of amides is 1. The van der Waals surface area contributed by atoms with Crippen molar-refractivity contribution >= 4 is 17.2 Å². The van der Waals surface area contributed by atoms with Gasteiger partial charge in [-0.1, -0.05) is 36.4 Å². The molecule has 0 unspecified atom stereocenters. The molecule has 0 aliphatic carbocycles. The first-order chi connectivity index (χ1) is 12.2. The molecule has 1 amide bonds. The fourth-order valence-corrected chi connectivity index (χ4v) is 3.70. The van der Waals surface area contributed by atoms with E-state index in [1.807, 2.05) is 47.8 Å². The first kappa shape index (κ1) is 18.1. The molecule has 1 aliphatic rings. The van der Waals surface area contributed by atoms with E-state index in [-0.39, 0.29) is 5.91 Å². The average molecular weight is 359 g/mol. The van der Waals surface area contributed by atoms with Crippen LogP contribution in [0.5, 0.6) is 0 Å². The highest BCUT2D eigenvalue weighted by atomic mass is 32.1. The summed E-state index contributed by atoms with van der Waals surface area (Å²) in [4.78, 5) is 17.6. The van der Waals surface area contributed by atoms with Crippen LogP contribution in [0.2, 0.25) is 0 Å². The molecule has 0 bridgehead atoms. The molecule has 2 aromatic rings. The van der Waals surface area contributed by atoms with Gasteiger partial charge in [0.05, 0.1) is 6.54 Å². The molecule has 0 saturated carbocycles. The molecule has 134 valence electrons. The molecule has 6 heteroatoms. The molecule has 1 fully saturated rings. The molecule has 0 radical (unpaired) electrons. The summed E-state index contributed by atoms with van der Waals surface area (Å²) in [5.41, 5.74) is 1.11. The van der Waals surface area contributed by atoms with Crippen LogP contribution in [-0.4, -0.2) is 60.1 Å². The first-order valence-electron chi connectivity index (χ1n) is 8.67. The second kappa shape index (κ2) is 9.10. The van der Waals surface area contributed by atoms with E-state index in [9.17, 15) is 9.90 Å². The first-order valence-corrected chi connectivity index (χ1v) is 9.55. The number of hydrogen-bond acceptors (Lipinski definition) is 5. The van der Waals surface area contributed by atoms with Crippen molar-refractivity contribution in [2.45, 2.75) is 12.6 Å². The second-order valence-corrected chi connectivity index (χ2v) is 7.35. The molecule has 1 atom stereocenters. The highest BCUT2D eigenvalue weighted by molar-refractivity contribution is 7.10. The SMILES string of the molecule is O=C(CN1CCN(C[C@H](O)c2cccs2)CC1)NCc1ccccc1. The summed E-state index contributed by atoms with van der Waals surface area (Å²) in [6.07, 6.45) is -0.416. The van der Waals surface area contributed by atoms with Gasteiger partial charge in [0.25, 0.3) is 0 Å². The van der Waals surface area contributed by atoms with Crippen LogP contribution < -0.4 is 5.32 Å². The van der Waals surface area contributed by atoms with E-state index < -0.39 is 6.10 Å². The van der Waals surface area contributed by atoms with E-state index in [0.29, 0.717) is 19.6 Å². The zero-order valence-electron chi connectivity index (χ0n) is 14.3. The molecule has 2 heterocycles. The smallest absolute Gasteiger partial charge is 0.234 e. The normalized spacial score (nSPS) is 17.3. The Bertz CT molecular complexity index is 640. The number of carbonyl (C=O) groups excluding carboxylic acids is 1. The van der Waals surface area contributed by atoms with Gasteiger partial charge < -0.3 is 10.4 Å². The molecule has 1 saturated heterocycles. The molecular weight excluding hydrogens is 334 g/mol. The van der Waals surface area contributed by atoms with Crippen LogP contribution in [0.15, 0.2) is 47.8 Å². The molecule has 5 nitrogen and oxygen atoms in total. The van der Waals surface area contributed by atoms with Crippen molar-refractivity contribution in [2.75, 3.05) is 39.3 Å². The Kier molecular flexibility index (Phi) is 6.58. The Morgan fingerprint density at radius 1 is 1.08 bits per heavy atom. The third-order valence-electron chi connectivity index (χ3n) is 4.47. The molecule has 25 heavy (non-hydrogen) atoms. The summed E-state index contributed by atoms with van der Waals surface area (Å²) in [7, 11) is 0. The lowest BCUT2D eigenvalue weighted by Crippen LogP contribution is -2.50. The number of hydrogen-bond donors (Lipinski definition) is 2. The summed E-state index contributed by atoms with van der Waals surface area (Å²) in [5, 5.41) is 15.2. The summed E-state index contributed by atoms with van der Waals surface area (Å²) in [5.74, 6) is 0.0657. The number of piperazine rings is 1. The summed E-state index contributed by atoms with van der Waals surface area (Å²) in [6.45, 7) is 5.16. The topological polar surface area (TPSA) is 55.8 Å². The van der Waals surface area contributed by atoms with Crippen LogP contribution in [0.3, 0.4) is 0 Å². The van der Waals surface area contributed by atoms with Crippen LogP contribution in [0.4, 0.5) is 0 Å². The van der Waals surface area contributed by atoms with Crippen LogP contribution in [-0.2, 0) is 11.3 Å². The van der Waals surface area contributed by atoms with E-state index in [2.05, 4.69) is 15.1 Å². The van der Waals surface area contributed by atoms with E-state index in [1.165, 1.54) is 0 Å². The number of benzene rings is 1. The number of nitrogens with one attached hydrogen (secondary N) is 1. The van der Waals surface area contributed by atoms with Crippen LogP contribution in [0.1, 0.15) is 16.5 Å². The Morgan fingerprint density at radius 3 is 2.48 bits per heavy atom. The van der Waals surface area contributed by atoms with Crippen LogP contribution >= 0.6 is 11.3 Å². The summed E-state index contributed by atoms with van der Waals surface area (Å²) < 4.78 is 0. The van der Waals surface area contributed by atoms with Crippen molar-refractivity contribution in [1.82, 2.24) is 15.1 Å². The maximum absolute atomic E-state index is 12.1. The lowest BCUT2D eigenvalue weighted by Gasteiger charge is -2.35. The van der Waals surface area contributed by atoms with Gasteiger partial charge in [0, 0.05) is 44.1 Å². The monoisotopic (exact) mass is 359 g/mol. The zero-order valence-corrected chi connectivity index (χ0v) is 15.1. The highest BCUT2D eigenvalue weighted by Gasteiger charge is 2.21. The molecule has 1 aliphatic heterocycles. The van der Waals surface area contributed by atoms with Crippen molar-refractivity contribution in [3.05, 3.63) is 58.3 Å². The Labute approximate surface area is 152 Å². The lowest BCUT2D eigenvalue weighted by atomic mass is 10.2. The standard InChI is InChI=1S/C19H25N3O2S/c23-17(18-7-4-12-25-18)14-21-8-10-22(11-9-21)15-19(24)20-13-16-5-2-1-3-6-16/h1-7,12,17,23H,8-11,13-15H2,(H,20,24)/t17-/m0/s1. The lowest BCUT2D eigenvalue weighted by molar-refractivity contribution is -0.122. The van der Waals surface area contributed by atoms with Crippen molar-refractivity contribution in [3.63, 3.8) is 0 Å². The van der Waals surface area contributed by atoms with E-state index in [1.54, 1.807) is 11.3 Å². The van der Waals surface area contributed by atoms with Gasteiger partial charge in [0.2, 0.25) is 5.91 Å². The minimum atomic E-state index is -0.416. The zero-order chi connectivity index (χ0) is 17.5. The van der Waals surface area contributed by atoms with Crippen molar-refractivity contribution in [3.8, 4) is 0 Å². The molecule has 1 aromatic carbocycles. The Balaban J connectivity index is 1.35. The minimum absolute atomic E-state index is 0.0657. The molecule has 1 aromatic heterocycles. The number of β-amino-alcohol motifs (C(OH)–C–C–N with tert-alkyl or cyclic N) is 1. The van der Waals surface area contributed by atoms with E-state index >= 15 is 0 Å². The van der Waals surface area contributed by atoms with Crippen molar-refractivity contribution in [1.29, 1.82) is 0 Å². The van der Waals surface area contributed by atoms with Gasteiger partial charge in [-0.25, -0.2) is 0 Å². The quantitative estimate of drug-likeness (QED) is 0.790. The Morgan fingerprint density at radius 2 is 1.80 bits per heavy atom. The molecular formula is C19H25N3O2S. The number of aliphatic hydroxyl groups excluding tert-OH is 1. The number of thiophene rings is 1. The maximum Gasteiger partial charge on any atom is 0.234 e. The van der Waals surface area contributed by atoms with E-state index in [0.717, 1.165) is 36.6 Å². The van der Waals surface area contributed by atoms with Gasteiger partial charge in [-0.05, 0) is 17.0 Å². The van der Waals surface area contributed by atoms with Crippen LogP contribution in [0, 0.1) is 0 Å². The average Bonchev–Trinajstić information content (AvgIpc) is 3.17. The summed E-state index contributed by atoms with van der Waals surface area (Å²) in [6, 6.07) is 13.9. The Hall–Kier alpha value is -1.73. The number of nitrogens with zero attached hydrogens (tertiary/aromatic N) is 2. The van der Waals surface area contributed by atoms with Gasteiger partial charge >= 0.3 is 0 Å². The number of aliphatic hydroxyl groups is 1. The van der Waals surface area contributed by atoms with Gasteiger partial charge in [0.1, 0.15) is 6.10 Å². The second-order valence-electron chi connectivity index (χ2n) is 6.37. The fraction of sp³-hybridized carbons (Fsp3) is 0.421. The molecule has 3 rings (SSSR count). The molecule has 0 spiro atoms. The van der Waals surface area contributed by atoms with Crippen molar-refractivity contribution < 1.29 is 9.90 Å². The highest BCUT2D eigenvalue weighted by Crippen LogP contribution is 2.20. The van der Waals surface area contributed by atoms with Crippen LogP contribution in [0.25, 0.3) is 0 Å². The predicted molar refractivity (Wildman–Crippen MR) is 100 cm³/mol. The van der Waals surface area contributed by atoms with E-state index in [4.69, 9.17) is 0 Å². The van der Waals surface area contributed by atoms with Gasteiger partial charge in [-0.3, -0.25) is 14.6 Å². The largest absolute Gasteiger partial charge is 0.386 e. The number of rotatable bonds is 7. The third kappa shape index (κ3) is 5.64. The fourth-order valence-electron chi connectivity index (χ4n) is 3.00. The van der Waals surface area contributed by atoms with Gasteiger partial charge in [-0.2, -0.15) is 0 Å².